The zero-order valence-corrected chi connectivity index (χ0v) is 12.6. The first-order valence-corrected chi connectivity index (χ1v) is 7.56. The van der Waals surface area contributed by atoms with Crippen LogP contribution < -0.4 is 5.32 Å². The molecule has 2 aromatic rings. The van der Waals surface area contributed by atoms with Gasteiger partial charge in [-0.15, -0.1) is 0 Å². The van der Waals surface area contributed by atoms with Gasteiger partial charge in [0.05, 0.1) is 17.6 Å². The van der Waals surface area contributed by atoms with Gasteiger partial charge in [-0.05, 0) is 38.4 Å². The molecule has 21 heavy (non-hydrogen) atoms. The van der Waals surface area contributed by atoms with Gasteiger partial charge in [-0.2, -0.15) is 0 Å². The summed E-state index contributed by atoms with van der Waals surface area (Å²) < 4.78 is 0. The highest BCUT2D eigenvalue weighted by molar-refractivity contribution is 5.79. The maximum absolute atomic E-state index is 12.0. The molecule has 1 aromatic heterocycles. The van der Waals surface area contributed by atoms with Crippen LogP contribution in [0.1, 0.15) is 30.1 Å². The first-order valence-electron chi connectivity index (χ1n) is 7.56. The van der Waals surface area contributed by atoms with Crippen molar-refractivity contribution in [2.45, 2.75) is 25.7 Å². The highest BCUT2D eigenvalue weighted by Crippen LogP contribution is 2.27. The van der Waals surface area contributed by atoms with Gasteiger partial charge in [0, 0.05) is 19.0 Å². The van der Waals surface area contributed by atoms with Gasteiger partial charge < -0.3 is 15.2 Å². The molecule has 1 saturated heterocycles. The van der Waals surface area contributed by atoms with Crippen LogP contribution >= 0.6 is 0 Å². The van der Waals surface area contributed by atoms with Crippen molar-refractivity contribution in [2.75, 3.05) is 26.7 Å². The number of H-pyrrole nitrogens is 1. The Morgan fingerprint density at radius 1 is 1.52 bits per heavy atom. The smallest absolute Gasteiger partial charge is 0.236 e. The first kappa shape index (κ1) is 14.1. The van der Waals surface area contributed by atoms with Gasteiger partial charge in [-0.25, -0.2) is 4.98 Å². The van der Waals surface area contributed by atoms with Crippen molar-refractivity contribution in [2.24, 2.45) is 0 Å². The number of carbonyl (C=O) groups excluding carboxylic acids is 1. The van der Waals surface area contributed by atoms with Crippen LogP contribution in [-0.2, 0) is 4.79 Å². The summed E-state index contributed by atoms with van der Waals surface area (Å²) in [7, 11) is 1.81. The maximum atomic E-state index is 12.0. The molecule has 1 aliphatic heterocycles. The number of fused-ring (bicyclic) bond motifs is 1. The molecule has 5 heteroatoms. The Hall–Kier alpha value is -1.88. The van der Waals surface area contributed by atoms with Gasteiger partial charge in [-0.1, -0.05) is 12.1 Å². The Bertz CT molecular complexity index is 649. The molecule has 2 heterocycles. The van der Waals surface area contributed by atoms with Crippen molar-refractivity contribution in [1.82, 2.24) is 20.2 Å². The molecule has 0 radical (unpaired) electrons. The number of nitrogens with zero attached hydrogens (tertiary/aromatic N) is 2. The number of nitrogens with one attached hydrogen (secondary N) is 2. The molecule has 0 unspecified atom stereocenters. The van der Waals surface area contributed by atoms with E-state index in [1.54, 1.807) is 7.05 Å². The molecule has 0 bridgehead atoms. The second-order valence-corrected chi connectivity index (χ2v) is 5.80. The third-order valence-electron chi connectivity index (χ3n) is 4.22. The van der Waals surface area contributed by atoms with Crippen LogP contribution in [0.3, 0.4) is 0 Å². The minimum Gasteiger partial charge on any atom is -0.342 e. The molecule has 1 amide bonds. The normalized spacial score (nSPS) is 19.1. The Morgan fingerprint density at radius 3 is 3.14 bits per heavy atom. The molecule has 0 saturated carbocycles. The van der Waals surface area contributed by atoms with Crippen molar-refractivity contribution >= 4 is 16.9 Å². The van der Waals surface area contributed by atoms with Gasteiger partial charge in [0.15, 0.2) is 0 Å². The van der Waals surface area contributed by atoms with E-state index in [1.807, 2.05) is 11.0 Å². The predicted molar refractivity (Wildman–Crippen MR) is 83.3 cm³/mol. The summed E-state index contributed by atoms with van der Waals surface area (Å²) in [5, 5.41) is 2.93. The SMILES string of the molecule is CNCC(=O)N1CCC[C@@H](c2nc3c(C)cccc3[nH]2)C1. The minimum atomic E-state index is 0.175. The van der Waals surface area contributed by atoms with Crippen molar-refractivity contribution in [3.8, 4) is 0 Å². The second-order valence-electron chi connectivity index (χ2n) is 5.80. The molecule has 0 aliphatic carbocycles. The van der Waals surface area contributed by atoms with Gasteiger partial charge in [0.2, 0.25) is 5.91 Å². The van der Waals surface area contributed by atoms with Crippen LogP contribution in [0.25, 0.3) is 11.0 Å². The molecule has 1 fully saturated rings. The third-order valence-corrected chi connectivity index (χ3v) is 4.22. The molecule has 1 aliphatic rings. The molecule has 2 N–H and O–H groups in total. The lowest BCUT2D eigenvalue weighted by molar-refractivity contribution is -0.131. The summed E-state index contributed by atoms with van der Waals surface area (Å²) in [6, 6.07) is 6.19. The number of aromatic nitrogens is 2. The fraction of sp³-hybridized carbons (Fsp3) is 0.500. The number of benzene rings is 1. The van der Waals surface area contributed by atoms with E-state index in [2.05, 4.69) is 29.4 Å². The highest BCUT2D eigenvalue weighted by Gasteiger charge is 2.26. The summed E-state index contributed by atoms with van der Waals surface area (Å²) in [4.78, 5) is 22.2. The van der Waals surface area contributed by atoms with E-state index in [1.165, 1.54) is 5.56 Å². The monoisotopic (exact) mass is 286 g/mol. The van der Waals surface area contributed by atoms with Crippen molar-refractivity contribution in [3.63, 3.8) is 0 Å². The average Bonchev–Trinajstić information content (AvgIpc) is 2.93. The van der Waals surface area contributed by atoms with E-state index in [-0.39, 0.29) is 5.91 Å². The summed E-state index contributed by atoms with van der Waals surface area (Å²) in [6.07, 6.45) is 2.12. The quantitative estimate of drug-likeness (QED) is 0.904. The number of rotatable bonds is 3. The van der Waals surface area contributed by atoms with Crippen LogP contribution in [-0.4, -0.2) is 47.5 Å². The van der Waals surface area contributed by atoms with Crippen LogP contribution in [0, 0.1) is 6.92 Å². The number of likely N-dealkylation sites (N-methyl/N-ethyl adjacent to an activating group) is 1. The predicted octanol–water partition coefficient (Wildman–Crippen LogP) is 1.80. The Balaban J connectivity index is 1.81. The number of imidazole rings is 1. The zero-order chi connectivity index (χ0) is 14.8. The number of likely N-dealkylation sites (tertiary alicyclic amines) is 1. The van der Waals surface area contributed by atoms with Crippen LogP contribution in [0.15, 0.2) is 18.2 Å². The van der Waals surface area contributed by atoms with Gasteiger partial charge in [0.25, 0.3) is 0 Å². The van der Waals surface area contributed by atoms with Crippen molar-refractivity contribution in [3.05, 3.63) is 29.6 Å². The number of amides is 1. The standard InChI is InChI=1S/C16H22N4O/c1-11-5-3-7-13-15(11)19-16(18-13)12-6-4-8-20(10-12)14(21)9-17-2/h3,5,7,12,17H,4,6,8-10H2,1-2H3,(H,18,19)/t12-/m1/s1. The van der Waals surface area contributed by atoms with E-state index >= 15 is 0 Å². The maximum Gasteiger partial charge on any atom is 0.236 e. The second kappa shape index (κ2) is 5.85. The lowest BCUT2D eigenvalue weighted by Gasteiger charge is -2.31. The number of para-hydroxylation sites is 1. The van der Waals surface area contributed by atoms with Crippen molar-refractivity contribution < 1.29 is 4.79 Å². The van der Waals surface area contributed by atoms with Crippen LogP contribution in [0.4, 0.5) is 0 Å². The van der Waals surface area contributed by atoms with Crippen LogP contribution in [0.5, 0.6) is 0 Å². The van der Waals surface area contributed by atoms with Gasteiger partial charge >= 0.3 is 0 Å². The summed E-state index contributed by atoms with van der Waals surface area (Å²) in [6.45, 7) is 4.11. The first-order chi connectivity index (χ1) is 10.2. The van der Waals surface area contributed by atoms with Crippen molar-refractivity contribution in [1.29, 1.82) is 0 Å². The molecule has 0 spiro atoms. The molecule has 1 aromatic carbocycles. The number of piperidine rings is 1. The summed E-state index contributed by atoms with van der Waals surface area (Å²) in [5.41, 5.74) is 3.32. The zero-order valence-electron chi connectivity index (χ0n) is 12.6. The van der Waals surface area contributed by atoms with Crippen LogP contribution in [0.2, 0.25) is 0 Å². The molecular weight excluding hydrogens is 264 g/mol. The largest absolute Gasteiger partial charge is 0.342 e. The highest BCUT2D eigenvalue weighted by atomic mass is 16.2. The van der Waals surface area contributed by atoms with E-state index in [4.69, 9.17) is 4.98 Å². The Kier molecular flexibility index (Phi) is 3.92. The lowest BCUT2D eigenvalue weighted by atomic mass is 9.97. The van der Waals surface area contributed by atoms with E-state index < -0.39 is 0 Å². The fourth-order valence-electron chi connectivity index (χ4n) is 3.08. The minimum absolute atomic E-state index is 0.175. The number of aromatic amines is 1. The number of carbonyl (C=O) groups is 1. The number of aryl methyl sites for hydroxylation is 1. The number of hydrogen-bond acceptors (Lipinski definition) is 3. The van der Waals surface area contributed by atoms with Gasteiger partial charge in [0.1, 0.15) is 5.82 Å². The Labute approximate surface area is 124 Å². The summed E-state index contributed by atoms with van der Waals surface area (Å²) >= 11 is 0. The topological polar surface area (TPSA) is 61.0 Å². The fourth-order valence-corrected chi connectivity index (χ4v) is 3.08. The van der Waals surface area contributed by atoms with E-state index in [0.717, 1.165) is 42.8 Å². The lowest BCUT2D eigenvalue weighted by Crippen LogP contribution is -2.43. The number of hydrogen-bond donors (Lipinski definition) is 2. The van der Waals surface area contributed by atoms with E-state index in [0.29, 0.717) is 12.5 Å². The van der Waals surface area contributed by atoms with Gasteiger partial charge in [-0.3, -0.25) is 4.79 Å². The molecule has 112 valence electrons. The average molecular weight is 286 g/mol. The Morgan fingerprint density at radius 2 is 2.38 bits per heavy atom. The molecule has 1 atom stereocenters. The summed E-state index contributed by atoms with van der Waals surface area (Å²) in [5.74, 6) is 1.50. The molecule has 3 rings (SSSR count). The molecule has 5 nitrogen and oxygen atoms in total. The van der Waals surface area contributed by atoms with E-state index in [9.17, 15) is 4.79 Å². The third kappa shape index (κ3) is 2.78. The molecular formula is C16H22N4O.